The molecule has 1 fully saturated rings. The van der Waals surface area contributed by atoms with Gasteiger partial charge in [-0.1, -0.05) is 0 Å². The number of thiocarbonyl (C=S) groups is 1. The highest BCUT2D eigenvalue weighted by molar-refractivity contribution is 7.80. The summed E-state index contributed by atoms with van der Waals surface area (Å²) in [5, 5.41) is 27.0. The molecule has 0 bridgehead atoms. The summed E-state index contributed by atoms with van der Waals surface area (Å²) in [5.74, 6) is 0. The summed E-state index contributed by atoms with van der Waals surface area (Å²) in [6.07, 6.45) is 1.51. The molecule has 0 aliphatic carbocycles. The second kappa shape index (κ2) is 8.02. The average Bonchev–Trinajstić information content (AvgIpc) is 3.04. The van der Waals surface area contributed by atoms with Crippen LogP contribution in [0, 0.1) is 10.1 Å². The lowest BCUT2D eigenvalue weighted by Gasteiger charge is -2.16. The van der Waals surface area contributed by atoms with Gasteiger partial charge < -0.3 is 20.5 Å². The van der Waals surface area contributed by atoms with E-state index in [0.29, 0.717) is 17.2 Å². The van der Waals surface area contributed by atoms with E-state index >= 15 is 0 Å². The van der Waals surface area contributed by atoms with Gasteiger partial charge in [-0.15, -0.1) is 0 Å². The molecule has 0 amide bonds. The van der Waals surface area contributed by atoms with Crippen LogP contribution >= 0.6 is 12.2 Å². The second-order valence-corrected chi connectivity index (χ2v) is 5.50. The van der Waals surface area contributed by atoms with Crippen molar-refractivity contribution < 1.29 is 14.8 Å². The van der Waals surface area contributed by atoms with Crippen LogP contribution in [0.3, 0.4) is 0 Å². The van der Waals surface area contributed by atoms with E-state index in [0.717, 1.165) is 19.4 Å². The minimum atomic E-state index is -0.789. The van der Waals surface area contributed by atoms with E-state index < -0.39 is 11.0 Å². The summed E-state index contributed by atoms with van der Waals surface area (Å²) in [5.41, 5.74) is 0.595. The van der Waals surface area contributed by atoms with Crippen LogP contribution in [0.5, 0.6) is 0 Å². The van der Waals surface area contributed by atoms with Crippen LogP contribution in [0.25, 0.3) is 0 Å². The Morgan fingerprint density at radius 1 is 1.45 bits per heavy atom. The lowest BCUT2D eigenvalue weighted by atomic mass is 10.1. The number of hydrogen-bond acceptors (Lipinski definition) is 5. The minimum absolute atomic E-state index is 0.00217. The number of nitro groups is 1. The van der Waals surface area contributed by atoms with Gasteiger partial charge in [0.05, 0.1) is 17.1 Å². The predicted octanol–water partition coefficient (Wildman–Crippen LogP) is 1.27. The largest absolute Gasteiger partial charge is 0.387 e. The van der Waals surface area contributed by atoms with Crippen LogP contribution in [0.1, 0.15) is 24.5 Å². The van der Waals surface area contributed by atoms with Crippen molar-refractivity contribution in [2.75, 3.05) is 19.7 Å². The number of benzene rings is 1. The summed E-state index contributed by atoms with van der Waals surface area (Å²) in [6, 6.07) is 5.81. The van der Waals surface area contributed by atoms with Gasteiger partial charge in [-0.25, -0.2) is 0 Å². The molecule has 1 aromatic carbocycles. The fraction of sp³-hybridized carbons (Fsp3) is 0.500. The highest BCUT2D eigenvalue weighted by Gasteiger charge is 2.15. The zero-order valence-corrected chi connectivity index (χ0v) is 12.8. The van der Waals surface area contributed by atoms with Crippen LogP contribution in [0.15, 0.2) is 24.3 Å². The lowest BCUT2D eigenvalue weighted by Crippen LogP contribution is -2.40. The van der Waals surface area contributed by atoms with Crippen molar-refractivity contribution in [3.63, 3.8) is 0 Å². The zero-order chi connectivity index (χ0) is 15.9. The van der Waals surface area contributed by atoms with E-state index in [4.69, 9.17) is 17.0 Å². The Labute approximate surface area is 133 Å². The van der Waals surface area contributed by atoms with Crippen LogP contribution < -0.4 is 10.6 Å². The van der Waals surface area contributed by atoms with Crippen molar-refractivity contribution in [3.05, 3.63) is 39.9 Å². The summed E-state index contributed by atoms with van der Waals surface area (Å²) in [7, 11) is 0. The number of rotatable bonds is 6. The van der Waals surface area contributed by atoms with Gasteiger partial charge in [0, 0.05) is 31.8 Å². The third-order valence-corrected chi connectivity index (χ3v) is 3.75. The Kier molecular flexibility index (Phi) is 6.05. The number of non-ortho nitro benzene ring substituents is 1. The van der Waals surface area contributed by atoms with E-state index in [-0.39, 0.29) is 18.3 Å². The molecule has 7 nitrogen and oxygen atoms in total. The van der Waals surface area contributed by atoms with E-state index in [1.807, 2.05) is 0 Å². The molecule has 0 aromatic heterocycles. The first-order valence-electron chi connectivity index (χ1n) is 7.12. The molecule has 0 radical (unpaired) electrons. The minimum Gasteiger partial charge on any atom is -0.387 e. The van der Waals surface area contributed by atoms with E-state index in [1.54, 1.807) is 0 Å². The van der Waals surface area contributed by atoms with Gasteiger partial charge in [0.2, 0.25) is 0 Å². The first kappa shape index (κ1) is 16.6. The predicted molar refractivity (Wildman–Crippen MR) is 85.6 cm³/mol. The van der Waals surface area contributed by atoms with Crippen molar-refractivity contribution in [3.8, 4) is 0 Å². The number of nitro benzene ring substituents is 1. The Bertz CT molecular complexity index is 517. The van der Waals surface area contributed by atoms with Gasteiger partial charge in [0.25, 0.3) is 5.69 Å². The van der Waals surface area contributed by atoms with Crippen molar-refractivity contribution >= 4 is 23.0 Å². The van der Waals surface area contributed by atoms with E-state index in [2.05, 4.69) is 10.6 Å². The molecule has 1 aliphatic rings. The average molecular weight is 325 g/mol. The Morgan fingerprint density at radius 3 is 2.77 bits per heavy atom. The van der Waals surface area contributed by atoms with Gasteiger partial charge in [-0.2, -0.15) is 0 Å². The van der Waals surface area contributed by atoms with Crippen LogP contribution in [0.2, 0.25) is 0 Å². The Morgan fingerprint density at radius 2 is 2.18 bits per heavy atom. The molecule has 0 spiro atoms. The SMILES string of the molecule is O=[N+]([O-])c1ccc([C@@H](O)CNC(=S)NC[C@@H]2CCCO2)cc1. The highest BCUT2D eigenvalue weighted by Crippen LogP contribution is 2.17. The molecule has 1 aromatic rings. The molecule has 0 unspecified atom stereocenters. The van der Waals surface area contributed by atoms with Crippen molar-refractivity contribution in [1.82, 2.24) is 10.6 Å². The number of ether oxygens (including phenoxy) is 1. The Balaban J connectivity index is 1.72. The maximum absolute atomic E-state index is 10.6. The van der Waals surface area contributed by atoms with E-state index in [1.165, 1.54) is 24.3 Å². The maximum Gasteiger partial charge on any atom is 0.269 e. The lowest BCUT2D eigenvalue weighted by molar-refractivity contribution is -0.384. The normalized spacial score (nSPS) is 18.7. The van der Waals surface area contributed by atoms with Crippen LogP contribution in [-0.4, -0.2) is 40.9 Å². The molecule has 1 saturated heterocycles. The molecular weight excluding hydrogens is 306 g/mol. The number of aliphatic hydroxyl groups excluding tert-OH is 1. The monoisotopic (exact) mass is 325 g/mol. The molecular formula is C14H19N3O4S. The first-order chi connectivity index (χ1) is 10.6. The van der Waals surface area contributed by atoms with Gasteiger partial charge in [0.15, 0.2) is 5.11 Å². The topological polar surface area (TPSA) is 96.7 Å². The van der Waals surface area contributed by atoms with Gasteiger partial charge in [0.1, 0.15) is 0 Å². The van der Waals surface area contributed by atoms with Gasteiger partial charge >= 0.3 is 0 Å². The zero-order valence-electron chi connectivity index (χ0n) is 12.0. The van der Waals surface area contributed by atoms with Gasteiger partial charge in [-0.05, 0) is 42.8 Å². The highest BCUT2D eigenvalue weighted by atomic mass is 32.1. The molecule has 2 atom stereocenters. The number of nitrogens with one attached hydrogen (secondary N) is 2. The summed E-state index contributed by atoms with van der Waals surface area (Å²) in [4.78, 5) is 10.1. The fourth-order valence-electron chi connectivity index (χ4n) is 2.20. The Hall–Kier alpha value is -1.77. The smallest absolute Gasteiger partial charge is 0.269 e. The maximum atomic E-state index is 10.6. The number of nitrogens with zero attached hydrogens (tertiary/aromatic N) is 1. The molecule has 1 aliphatic heterocycles. The first-order valence-corrected chi connectivity index (χ1v) is 7.53. The summed E-state index contributed by atoms with van der Waals surface area (Å²) < 4.78 is 5.47. The third kappa shape index (κ3) is 4.90. The van der Waals surface area contributed by atoms with Crippen molar-refractivity contribution in [1.29, 1.82) is 0 Å². The quantitative estimate of drug-likeness (QED) is 0.412. The molecule has 8 heteroatoms. The summed E-state index contributed by atoms with van der Waals surface area (Å²) >= 11 is 5.13. The third-order valence-electron chi connectivity index (χ3n) is 3.46. The van der Waals surface area contributed by atoms with Crippen molar-refractivity contribution in [2.24, 2.45) is 0 Å². The summed E-state index contributed by atoms with van der Waals surface area (Å²) in [6.45, 7) is 1.68. The molecule has 0 saturated carbocycles. The van der Waals surface area contributed by atoms with E-state index in [9.17, 15) is 15.2 Å². The molecule has 22 heavy (non-hydrogen) atoms. The molecule has 1 heterocycles. The molecule has 3 N–H and O–H groups in total. The van der Waals surface area contributed by atoms with Gasteiger partial charge in [-0.3, -0.25) is 10.1 Å². The van der Waals surface area contributed by atoms with Crippen LogP contribution in [0.4, 0.5) is 5.69 Å². The number of hydrogen-bond donors (Lipinski definition) is 3. The van der Waals surface area contributed by atoms with Crippen LogP contribution in [-0.2, 0) is 4.74 Å². The number of aliphatic hydroxyl groups is 1. The van der Waals surface area contributed by atoms with Crippen molar-refractivity contribution in [2.45, 2.75) is 25.0 Å². The standard InChI is InChI=1S/C14H19N3O4S/c18-13(10-3-5-11(6-4-10)17(19)20)9-16-14(22)15-8-12-2-1-7-21-12/h3-6,12-13,18H,1-2,7-9H2,(H2,15,16,22)/t12-,13-/m0/s1. The second-order valence-electron chi connectivity index (χ2n) is 5.09. The fourth-order valence-corrected chi connectivity index (χ4v) is 2.37. The molecule has 120 valence electrons. The molecule has 2 rings (SSSR count).